The fraction of sp³-hybridized carbons (Fsp3) is 0.429. The molecule has 1 aromatic carbocycles. The molecule has 1 heterocycles. The van der Waals surface area contributed by atoms with Gasteiger partial charge in [-0.15, -0.1) is 0 Å². The van der Waals surface area contributed by atoms with E-state index in [1.165, 1.54) is 0 Å². The van der Waals surface area contributed by atoms with Crippen LogP contribution in [0.5, 0.6) is 0 Å². The second-order valence-corrected chi connectivity index (χ2v) is 4.38. The Balaban J connectivity index is 2.43. The molecular formula is C14H20N4O. The van der Waals surface area contributed by atoms with Crippen molar-refractivity contribution >= 4 is 22.7 Å². The van der Waals surface area contributed by atoms with Gasteiger partial charge in [0.2, 0.25) is 5.95 Å². The Morgan fingerprint density at radius 1 is 1.21 bits per heavy atom. The van der Waals surface area contributed by atoms with Crippen molar-refractivity contribution in [3.63, 3.8) is 0 Å². The third-order valence-corrected chi connectivity index (χ3v) is 2.99. The molecule has 5 heteroatoms. The molecule has 1 aromatic heterocycles. The van der Waals surface area contributed by atoms with E-state index in [0.717, 1.165) is 29.7 Å². The predicted molar refractivity (Wildman–Crippen MR) is 78.5 cm³/mol. The zero-order valence-corrected chi connectivity index (χ0v) is 11.3. The maximum absolute atomic E-state index is 9.31. The highest BCUT2D eigenvalue weighted by Crippen LogP contribution is 2.22. The number of aliphatic hydroxyl groups excluding tert-OH is 1. The van der Waals surface area contributed by atoms with Gasteiger partial charge < -0.3 is 15.7 Å². The lowest BCUT2D eigenvalue weighted by Crippen LogP contribution is -2.23. The largest absolute Gasteiger partial charge is 0.394 e. The molecule has 0 bridgehead atoms. The first kappa shape index (κ1) is 13.5. The van der Waals surface area contributed by atoms with E-state index in [4.69, 9.17) is 0 Å². The summed E-state index contributed by atoms with van der Waals surface area (Å²) >= 11 is 0. The molecule has 0 aliphatic heterocycles. The number of benzene rings is 1. The van der Waals surface area contributed by atoms with Crippen LogP contribution >= 0.6 is 0 Å². The molecule has 102 valence electrons. The highest BCUT2D eigenvalue weighted by Gasteiger charge is 2.10. The van der Waals surface area contributed by atoms with Gasteiger partial charge in [-0.1, -0.05) is 19.1 Å². The van der Waals surface area contributed by atoms with E-state index in [0.29, 0.717) is 5.95 Å². The number of nitrogens with zero attached hydrogens (tertiary/aromatic N) is 2. The minimum Gasteiger partial charge on any atom is -0.394 e. The summed E-state index contributed by atoms with van der Waals surface area (Å²) in [4.78, 5) is 8.94. The lowest BCUT2D eigenvalue weighted by Gasteiger charge is -2.17. The topological polar surface area (TPSA) is 70.1 Å². The van der Waals surface area contributed by atoms with E-state index in [1.54, 1.807) is 0 Å². The number of nitrogens with one attached hydrogen (secondary N) is 2. The van der Waals surface area contributed by atoms with Crippen LogP contribution in [0.15, 0.2) is 24.3 Å². The molecule has 5 nitrogen and oxygen atoms in total. The normalized spacial score (nSPS) is 12.4. The van der Waals surface area contributed by atoms with Crippen molar-refractivity contribution < 1.29 is 5.11 Å². The molecule has 0 saturated heterocycles. The minimum atomic E-state index is 0.00721. The van der Waals surface area contributed by atoms with Gasteiger partial charge in [0, 0.05) is 11.9 Å². The number of aromatic nitrogens is 2. The molecule has 0 fully saturated rings. The first-order valence-electron chi connectivity index (χ1n) is 6.66. The van der Waals surface area contributed by atoms with Gasteiger partial charge >= 0.3 is 0 Å². The molecule has 2 aromatic rings. The summed E-state index contributed by atoms with van der Waals surface area (Å²) in [7, 11) is 0. The van der Waals surface area contributed by atoms with Crippen LogP contribution in [0, 0.1) is 0 Å². The summed E-state index contributed by atoms with van der Waals surface area (Å²) < 4.78 is 0. The van der Waals surface area contributed by atoms with Crippen LogP contribution in [-0.4, -0.2) is 34.3 Å². The molecule has 1 unspecified atom stereocenters. The molecule has 0 spiro atoms. The Kier molecular flexibility index (Phi) is 4.52. The van der Waals surface area contributed by atoms with Gasteiger partial charge in [0.25, 0.3) is 0 Å². The summed E-state index contributed by atoms with van der Waals surface area (Å²) in [5.41, 5.74) is 0.892. The first-order valence-corrected chi connectivity index (χ1v) is 6.66. The van der Waals surface area contributed by atoms with Gasteiger partial charge in [-0.3, -0.25) is 0 Å². The van der Waals surface area contributed by atoms with Gasteiger partial charge in [-0.25, -0.2) is 4.98 Å². The van der Waals surface area contributed by atoms with Crippen LogP contribution in [0.1, 0.15) is 20.3 Å². The van der Waals surface area contributed by atoms with Gasteiger partial charge in [-0.2, -0.15) is 4.98 Å². The second kappa shape index (κ2) is 6.33. The molecule has 0 radical (unpaired) electrons. The average Bonchev–Trinajstić information content (AvgIpc) is 2.45. The Bertz CT molecular complexity index is 540. The molecule has 3 N–H and O–H groups in total. The van der Waals surface area contributed by atoms with E-state index in [9.17, 15) is 5.11 Å². The molecule has 0 saturated carbocycles. The fourth-order valence-corrected chi connectivity index (χ4v) is 1.89. The maximum Gasteiger partial charge on any atom is 0.225 e. The van der Waals surface area contributed by atoms with Gasteiger partial charge in [-0.05, 0) is 25.5 Å². The van der Waals surface area contributed by atoms with Crippen molar-refractivity contribution in [2.45, 2.75) is 26.3 Å². The van der Waals surface area contributed by atoms with Crippen LogP contribution < -0.4 is 10.6 Å². The second-order valence-electron chi connectivity index (χ2n) is 4.38. The number of hydrogen-bond acceptors (Lipinski definition) is 5. The van der Waals surface area contributed by atoms with Crippen molar-refractivity contribution in [3.8, 4) is 0 Å². The highest BCUT2D eigenvalue weighted by molar-refractivity contribution is 5.90. The van der Waals surface area contributed by atoms with E-state index in [-0.39, 0.29) is 12.6 Å². The van der Waals surface area contributed by atoms with Crippen LogP contribution in [0.2, 0.25) is 0 Å². The summed E-state index contributed by atoms with van der Waals surface area (Å²) in [5, 5.41) is 16.7. The van der Waals surface area contributed by atoms with E-state index < -0.39 is 0 Å². The number of anilines is 2. The number of rotatable bonds is 6. The Hall–Kier alpha value is -1.88. The van der Waals surface area contributed by atoms with Crippen molar-refractivity contribution in [3.05, 3.63) is 24.3 Å². The molecule has 0 aliphatic carbocycles. The smallest absolute Gasteiger partial charge is 0.225 e. The summed E-state index contributed by atoms with van der Waals surface area (Å²) in [5.74, 6) is 1.37. The third kappa shape index (κ3) is 3.12. The Morgan fingerprint density at radius 2 is 2.00 bits per heavy atom. The third-order valence-electron chi connectivity index (χ3n) is 2.99. The van der Waals surface area contributed by atoms with Crippen LogP contribution in [0.3, 0.4) is 0 Å². The maximum atomic E-state index is 9.31. The predicted octanol–water partition coefficient (Wildman–Crippen LogP) is 2.24. The standard InChI is InChI=1S/C14H20N4O/c1-3-10(9-19)16-13-11-7-5-6-8-12(11)17-14(18-13)15-4-2/h5-8,10,19H,3-4,9H2,1-2H3,(H2,15,16,17,18). The molecule has 19 heavy (non-hydrogen) atoms. The van der Waals surface area contributed by atoms with Gasteiger partial charge in [0.1, 0.15) is 5.82 Å². The molecule has 0 aliphatic rings. The average molecular weight is 260 g/mol. The van der Waals surface area contributed by atoms with E-state index in [2.05, 4.69) is 20.6 Å². The summed E-state index contributed by atoms with van der Waals surface area (Å²) in [6, 6.07) is 7.87. The van der Waals surface area contributed by atoms with Crippen molar-refractivity contribution in [2.75, 3.05) is 23.8 Å². The van der Waals surface area contributed by atoms with Crippen LogP contribution in [0.4, 0.5) is 11.8 Å². The van der Waals surface area contributed by atoms with Gasteiger partial charge in [0.15, 0.2) is 0 Å². The summed E-state index contributed by atoms with van der Waals surface area (Å²) in [6.07, 6.45) is 0.839. The molecule has 2 rings (SSSR count). The lowest BCUT2D eigenvalue weighted by atomic mass is 10.2. The molecule has 1 atom stereocenters. The Labute approximate surface area is 113 Å². The number of fused-ring (bicyclic) bond motifs is 1. The van der Waals surface area contributed by atoms with Crippen molar-refractivity contribution in [1.29, 1.82) is 0 Å². The van der Waals surface area contributed by atoms with Crippen molar-refractivity contribution in [1.82, 2.24) is 9.97 Å². The number of hydrogen-bond donors (Lipinski definition) is 3. The summed E-state index contributed by atoms with van der Waals surface area (Å²) in [6.45, 7) is 4.90. The number of aliphatic hydroxyl groups is 1. The lowest BCUT2D eigenvalue weighted by molar-refractivity contribution is 0.271. The van der Waals surface area contributed by atoms with Gasteiger partial charge in [0.05, 0.1) is 18.2 Å². The Morgan fingerprint density at radius 3 is 2.68 bits per heavy atom. The SMILES string of the molecule is CCNc1nc(NC(CC)CO)c2ccccc2n1. The zero-order chi connectivity index (χ0) is 13.7. The van der Waals surface area contributed by atoms with Crippen LogP contribution in [-0.2, 0) is 0 Å². The van der Waals surface area contributed by atoms with E-state index >= 15 is 0 Å². The molecular weight excluding hydrogens is 240 g/mol. The first-order chi connectivity index (χ1) is 9.28. The van der Waals surface area contributed by atoms with Crippen molar-refractivity contribution in [2.24, 2.45) is 0 Å². The zero-order valence-electron chi connectivity index (χ0n) is 11.3. The molecule has 0 amide bonds. The number of para-hydroxylation sites is 1. The highest BCUT2D eigenvalue weighted by atomic mass is 16.3. The fourth-order valence-electron chi connectivity index (χ4n) is 1.89. The van der Waals surface area contributed by atoms with Crippen LogP contribution in [0.25, 0.3) is 10.9 Å². The minimum absolute atomic E-state index is 0.00721. The quantitative estimate of drug-likeness (QED) is 0.743. The monoisotopic (exact) mass is 260 g/mol. The van der Waals surface area contributed by atoms with E-state index in [1.807, 2.05) is 38.1 Å².